The summed E-state index contributed by atoms with van der Waals surface area (Å²) in [5, 5.41) is 6.94. The summed E-state index contributed by atoms with van der Waals surface area (Å²) in [7, 11) is 3.21. The summed E-state index contributed by atoms with van der Waals surface area (Å²) in [5.41, 5.74) is 1.21. The predicted octanol–water partition coefficient (Wildman–Crippen LogP) is 0.669. The average Bonchev–Trinajstić information content (AvgIpc) is 2.58. The van der Waals surface area contributed by atoms with Crippen molar-refractivity contribution in [1.29, 1.82) is 0 Å². The first-order valence-corrected chi connectivity index (χ1v) is 7.78. The van der Waals surface area contributed by atoms with E-state index in [0.717, 1.165) is 0 Å². The van der Waals surface area contributed by atoms with Gasteiger partial charge in [-0.25, -0.2) is 0 Å². The van der Waals surface area contributed by atoms with Crippen LogP contribution in [0, 0.1) is 0 Å². The van der Waals surface area contributed by atoms with Crippen LogP contribution in [0.4, 0.5) is 0 Å². The van der Waals surface area contributed by atoms with Gasteiger partial charge >= 0.3 is 0 Å². The number of nitrogens with zero attached hydrogens (tertiary/aromatic N) is 1. The molecule has 0 fully saturated rings. The molecule has 2 rings (SSSR count). The number of hydrogen-bond acceptors (Lipinski definition) is 2. The fraction of sp³-hybridized carbons (Fsp3) is 0.333. The summed E-state index contributed by atoms with van der Waals surface area (Å²) in [5.74, 6) is -0.219. The fourth-order valence-electron chi connectivity index (χ4n) is 2.59. The quantitative estimate of drug-likeness (QED) is 0.823. The molecule has 0 unspecified atom stereocenters. The maximum atomic E-state index is 12.1. The van der Waals surface area contributed by atoms with Gasteiger partial charge in [-0.1, -0.05) is 42.5 Å². The molecular formula is C18H24N3O2+. The van der Waals surface area contributed by atoms with E-state index in [2.05, 4.69) is 36.5 Å². The first-order chi connectivity index (χ1) is 11.0. The standard InChI is InChI=1S/C18H23N3O2/c1-13(20-11-18(23)21(3)12-17(22)19-2)15-10-6-8-14-7-4-5-9-16(14)15/h4-10,13,20H,11-12H2,1-3H3,(H,19,22)/p+1/t13-/m0/s1. The number of rotatable bonds is 6. The molecule has 5 heteroatoms. The summed E-state index contributed by atoms with van der Waals surface area (Å²) in [4.78, 5) is 24.9. The second kappa shape index (κ2) is 7.74. The Bertz CT molecular complexity index is 694. The van der Waals surface area contributed by atoms with Gasteiger partial charge in [0.2, 0.25) is 5.91 Å². The Morgan fingerprint density at radius 1 is 1.17 bits per heavy atom. The van der Waals surface area contributed by atoms with Gasteiger partial charge in [-0.3, -0.25) is 9.59 Å². The molecule has 122 valence electrons. The van der Waals surface area contributed by atoms with E-state index in [0.29, 0.717) is 6.54 Å². The monoisotopic (exact) mass is 314 g/mol. The molecule has 0 aliphatic rings. The van der Waals surface area contributed by atoms with Crippen LogP contribution >= 0.6 is 0 Å². The number of hydrogen-bond donors (Lipinski definition) is 2. The van der Waals surface area contributed by atoms with Crippen molar-refractivity contribution in [1.82, 2.24) is 10.2 Å². The molecule has 0 aromatic heterocycles. The molecule has 0 saturated heterocycles. The summed E-state index contributed by atoms with van der Waals surface area (Å²) in [6.07, 6.45) is 0. The van der Waals surface area contributed by atoms with Crippen molar-refractivity contribution in [2.75, 3.05) is 27.2 Å². The van der Waals surface area contributed by atoms with Gasteiger partial charge < -0.3 is 15.5 Å². The van der Waals surface area contributed by atoms with E-state index in [1.807, 2.05) is 23.5 Å². The fourth-order valence-corrected chi connectivity index (χ4v) is 2.59. The van der Waals surface area contributed by atoms with Crippen LogP contribution in [0.3, 0.4) is 0 Å². The number of nitrogens with one attached hydrogen (secondary N) is 1. The van der Waals surface area contributed by atoms with Crippen LogP contribution in [0.1, 0.15) is 18.5 Å². The minimum absolute atomic E-state index is 0.0549. The lowest BCUT2D eigenvalue weighted by molar-refractivity contribution is -0.682. The van der Waals surface area contributed by atoms with Gasteiger partial charge in [0.05, 0.1) is 6.54 Å². The van der Waals surface area contributed by atoms with Crippen LogP contribution < -0.4 is 10.6 Å². The summed E-state index contributed by atoms with van der Waals surface area (Å²) in [6.45, 7) is 2.50. The molecule has 0 spiro atoms. The summed E-state index contributed by atoms with van der Waals surface area (Å²) < 4.78 is 0. The lowest BCUT2D eigenvalue weighted by Crippen LogP contribution is -2.87. The van der Waals surface area contributed by atoms with E-state index in [1.165, 1.54) is 21.2 Å². The third-order valence-electron chi connectivity index (χ3n) is 4.05. The second-order valence-corrected chi connectivity index (χ2v) is 5.72. The predicted molar refractivity (Wildman–Crippen MR) is 90.9 cm³/mol. The molecule has 0 aliphatic heterocycles. The van der Waals surface area contributed by atoms with Gasteiger partial charge in [0.15, 0.2) is 6.54 Å². The number of benzene rings is 2. The molecular weight excluding hydrogens is 290 g/mol. The zero-order chi connectivity index (χ0) is 16.8. The number of fused-ring (bicyclic) bond motifs is 1. The van der Waals surface area contributed by atoms with Crippen molar-refractivity contribution in [3.05, 3.63) is 48.0 Å². The first-order valence-electron chi connectivity index (χ1n) is 7.78. The van der Waals surface area contributed by atoms with E-state index < -0.39 is 0 Å². The third kappa shape index (κ3) is 4.29. The highest BCUT2D eigenvalue weighted by molar-refractivity contribution is 5.86. The van der Waals surface area contributed by atoms with E-state index in [9.17, 15) is 9.59 Å². The normalized spacial score (nSPS) is 12.0. The minimum Gasteiger partial charge on any atom is -0.358 e. The second-order valence-electron chi connectivity index (χ2n) is 5.72. The smallest absolute Gasteiger partial charge is 0.277 e. The Morgan fingerprint density at radius 3 is 2.61 bits per heavy atom. The lowest BCUT2D eigenvalue weighted by Gasteiger charge is -2.18. The van der Waals surface area contributed by atoms with Crippen LogP contribution in [0.2, 0.25) is 0 Å². The highest BCUT2D eigenvalue weighted by Crippen LogP contribution is 2.21. The Kier molecular flexibility index (Phi) is 5.71. The van der Waals surface area contributed by atoms with Gasteiger partial charge in [0, 0.05) is 19.7 Å². The van der Waals surface area contributed by atoms with Gasteiger partial charge in [-0.15, -0.1) is 0 Å². The maximum Gasteiger partial charge on any atom is 0.277 e. The topological polar surface area (TPSA) is 66.0 Å². The molecule has 5 nitrogen and oxygen atoms in total. The van der Waals surface area contributed by atoms with Gasteiger partial charge in [-0.05, 0) is 17.7 Å². The largest absolute Gasteiger partial charge is 0.358 e. The molecule has 2 amide bonds. The van der Waals surface area contributed by atoms with Crippen molar-refractivity contribution in [2.24, 2.45) is 0 Å². The molecule has 0 heterocycles. The van der Waals surface area contributed by atoms with E-state index >= 15 is 0 Å². The number of likely N-dealkylation sites (N-methyl/N-ethyl adjacent to an activating group) is 2. The highest BCUT2D eigenvalue weighted by atomic mass is 16.2. The van der Waals surface area contributed by atoms with Crippen LogP contribution in [0.15, 0.2) is 42.5 Å². The summed E-state index contributed by atoms with van der Waals surface area (Å²) >= 11 is 0. The van der Waals surface area contributed by atoms with E-state index in [1.54, 1.807) is 14.1 Å². The first kappa shape index (κ1) is 17.0. The van der Waals surface area contributed by atoms with Crippen molar-refractivity contribution in [3.63, 3.8) is 0 Å². The Labute approximate surface area is 136 Å². The number of carbonyl (C=O) groups excluding carboxylic acids is 2. The zero-order valence-electron chi connectivity index (χ0n) is 13.9. The Morgan fingerprint density at radius 2 is 1.87 bits per heavy atom. The minimum atomic E-state index is -0.164. The molecule has 23 heavy (non-hydrogen) atoms. The van der Waals surface area contributed by atoms with E-state index in [4.69, 9.17) is 0 Å². The SMILES string of the molecule is CNC(=O)CN(C)C(=O)C[NH2+][C@@H](C)c1cccc2ccccc12. The lowest BCUT2D eigenvalue weighted by atomic mass is 10.00. The van der Waals surface area contributed by atoms with Crippen molar-refractivity contribution < 1.29 is 14.9 Å². The number of nitrogens with two attached hydrogens (primary N) is 1. The van der Waals surface area contributed by atoms with Gasteiger partial charge in [0.1, 0.15) is 6.04 Å². The zero-order valence-corrected chi connectivity index (χ0v) is 13.9. The third-order valence-corrected chi connectivity index (χ3v) is 4.05. The number of quaternary nitrogens is 1. The highest BCUT2D eigenvalue weighted by Gasteiger charge is 2.17. The van der Waals surface area contributed by atoms with Gasteiger partial charge in [-0.2, -0.15) is 0 Å². The summed E-state index contributed by atoms with van der Waals surface area (Å²) in [6, 6.07) is 14.6. The Balaban J connectivity index is 2.00. The van der Waals surface area contributed by atoms with Crippen molar-refractivity contribution in [3.8, 4) is 0 Å². The molecule has 0 radical (unpaired) electrons. The average molecular weight is 314 g/mol. The van der Waals surface area contributed by atoms with Crippen molar-refractivity contribution in [2.45, 2.75) is 13.0 Å². The molecule has 2 aromatic rings. The van der Waals surface area contributed by atoms with Gasteiger partial charge in [0.25, 0.3) is 5.91 Å². The number of amides is 2. The van der Waals surface area contributed by atoms with E-state index in [-0.39, 0.29) is 24.4 Å². The Hall–Kier alpha value is -2.40. The maximum absolute atomic E-state index is 12.1. The van der Waals surface area contributed by atoms with Crippen LogP contribution in [0.25, 0.3) is 10.8 Å². The molecule has 2 aromatic carbocycles. The van der Waals surface area contributed by atoms with Crippen molar-refractivity contribution >= 4 is 22.6 Å². The molecule has 0 bridgehead atoms. The molecule has 0 aliphatic carbocycles. The molecule has 3 N–H and O–H groups in total. The van der Waals surface area contributed by atoms with Crippen LogP contribution in [-0.2, 0) is 9.59 Å². The molecule has 0 saturated carbocycles. The number of carbonyl (C=O) groups is 2. The van der Waals surface area contributed by atoms with Crippen LogP contribution in [-0.4, -0.2) is 43.9 Å². The van der Waals surface area contributed by atoms with Crippen LogP contribution in [0.5, 0.6) is 0 Å². The molecule has 1 atom stereocenters.